The molecule has 2 nitrogen and oxygen atoms in total. The van der Waals surface area contributed by atoms with E-state index in [2.05, 4.69) is 26.2 Å². The zero-order valence-corrected chi connectivity index (χ0v) is 10.3. The first kappa shape index (κ1) is 12.0. The van der Waals surface area contributed by atoms with Crippen molar-refractivity contribution in [3.8, 4) is 0 Å². The monoisotopic (exact) mass is 298 g/mol. The van der Waals surface area contributed by atoms with Crippen LogP contribution in [0.2, 0.25) is 0 Å². The highest BCUT2D eigenvalue weighted by Crippen LogP contribution is 2.15. The lowest BCUT2D eigenvalue weighted by molar-refractivity contribution is 0.507. The van der Waals surface area contributed by atoms with E-state index in [1.165, 1.54) is 12.1 Å². The Hall–Kier alpha value is -1.49. The molecule has 1 aromatic carbocycles. The summed E-state index contributed by atoms with van der Waals surface area (Å²) in [5.74, 6) is -1.67. The first-order valence-electron chi connectivity index (χ1n) is 4.93. The number of aromatic nitrogens is 1. The average Bonchev–Trinajstić information content (AvgIpc) is 2.31. The van der Waals surface area contributed by atoms with Crippen LogP contribution in [0, 0.1) is 11.6 Å². The number of pyridine rings is 1. The van der Waals surface area contributed by atoms with E-state index in [1.54, 1.807) is 12.4 Å². The van der Waals surface area contributed by atoms with E-state index in [0.717, 1.165) is 16.2 Å². The predicted molar refractivity (Wildman–Crippen MR) is 65.6 cm³/mol. The summed E-state index contributed by atoms with van der Waals surface area (Å²) in [6, 6.07) is 5.68. The highest BCUT2D eigenvalue weighted by molar-refractivity contribution is 9.10. The summed E-state index contributed by atoms with van der Waals surface area (Å²) in [5.41, 5.74) is 1.48. The molecule has 2 rings (SSSR count). The van der Waals surface area contributed by atoms with Crippen molar-refractivity contribution in [1.29, 1.82) is 0 Å². The number of halogens is 3. The Balaban J connectivity index is 2.05. The van der Waals surface area contributed by atoms with Gasteiger partial charge in [-0.3, -0.25) is 4.98 Å². The molecule has 17 heavy (non-hydrogen) atoms. The highest BCUT2D eigenvalue weighted by Gasteiger charge is 2.02. The molecule has 0 fully saturated rings. The quantitative estimate of drug-likeness (QED) is 0.934. The van der Waals surface area contributed by atoms with Gasteiger partial charge in [0.25, 0.3) is 0 Å². The summed E-state index contributed by atoms with van der Waals surface area (Å²) in [6.45, 7) is 0.412. The Bertz CT molecular complexity index is 532. The molecular weight excluding hydrogens is 290 g/mol. The normalized spacial score (nSPS) is 10.3. The Labute approximate surface area is 106 Å². The van der Waals surface area contributed by atoms with Crippen molar-refractivity contribution < 1.29 is 8.78 Å². The van der Waals surface area contributed by atoms with Crippen molar-refractivity contribution in [3.05, 3.63) is 58.3 Å². The second-order valence-corrected chi connectivity index (χ2v) is 4.41. The van der Waals surface area contributed by atoms with Gasteiger partial charge in [0.15, 0.2) is 11.6 Å². The number of anilines is 1. The molecule has 0 amide bonds. The topological polar surface area (TPSA) is 24.9 Å². The molecule has 1 heterocycles. The van der Waals surface area contributed by atoms with E-state index in [9.17, 15) is 8.78 Å². The van der Waals surface area contributed by atoms with Gasteiger partial charge in [0.1, 0.15) is 0 Å². The Kier molecular flexibility index (Phi) is 3.68. The minimum Gasteiger partial charge on any atom is -0.380 e. The van der Waals surface area contributed by atoms with Crippen LogP contribution in [0.4, 0.5) is 14.5 Å². The molecule has 2 aromatic rings. The zero-order chi connectivity index (χ0) is 12.3. The van der Waals surface area contributed by atoms with E-state index in [1.807, 2.05) is 6.07 Å². The van der Waals surface area contributed by atoms with Gasteiger partial charge in [-0.2, -0.15) is 0 Å². The third-order valence-corrected chi connectivity index (χ3v) is 2.62. The van der Waals surface area contributed by atoms with E-state index in [0.29, 0.717) is 12.1 Å². The molecular formula is C12H9BrF2N2. The third kappa shape index (κ3) is 3.23. The fourth-order valence-electron chi connectivity index (χ4n) is 1.36. The number of rotatable bonds is 3. The van der Waals surface area contributed by atoms with Crippen LogP contribution in [0.15, 0.2) is 41.1 Å². The highest BCUT2D eigenvalue weighted by atomic mass is 79.9. The lowest BCUT2D eigenvalue weighted by atomic mass is 10.2. The van der Waals surface area contributed by atoms with Crippen molar-refractivity contribution in [2.75, 3.05) is 5.32 Å². The van der Waals surface area contributed by atoms with E-state index in [-0.39, 0.29) is 0 Å². The molecule has 0 saturated carbocycles. The standard InChI is InChI=1S/C12H9BrF2N2/c13-9-4-10(7-16-6-9)17-5-8-1-2-11(14)12(15)3-8/h1-4,6-7,17H,5H2. The van der Waals surface area contributed by atoms with Crippen molar-refractivity contribution in [3.63, 3.8) is 0 Å². The summed E-state index contributed by atoms with van der Waals surface area (Å²) >= 11 is 3.30. The van der Waals surface area contributed by atoms with Crippen LogP contribution in [-0.2, 0) is 6.54 Å². The second-order valence-electron chi connectivity index (χ2n) is 3.49. The van der Waals surface area contributed by atoms with E-state index in [4.69, 9.17) is 0 Å². The van der Waals surface area contributed by atoms with Gasteiger partial charge in [0, 0.05) is 17.2 Å². The lowest BCUT2D eigenvalue weighted by Gasteiger charge is -2.06. The summed E-state index contributed by atoms with van der Waals surface area (Å²) < 4.78 is 26.5. The van der Waals surface area contributed by atoms with Gasteiger partial charge in [-0.15, -0.1) is 0 Å². The van der Waals surface area contributed by atoms with Crippen molar-refractivity contribution in [1.82, 2.24) is 4.98 Å². The molecule has 0 aliphatic rings. The molecule has 0 spiro atoms. The van der Waals surface area contributed by atoms with Gasteiger partial charge < -0.3 is 5.32 Å². The van der Waals surface area contributed by atoms with E-state index < -0.39 is 11.6 Å². The van der Waals surface area contributed by atoms with Crippen LogP contribution < -0.4 is 5.32 Å². The molecule has 88 valence electrons. The molecule has 0 unspecified atom stereocenters. The summed E-state index contributed by atoms with van der Waals surface area (Å²) in [7, 11) is 0. The molecule has 5 heteroatoms. The molecule has 0 radical (unpaired) electrons. The van der Waals surface area contributed by atoms with Crippen LogP contribution in [0.5, 0.6) is 0 Å². The molecule has 1 N–H and O–H groups in total. The molecule has 0 atom stereocenters. The minimum absolute atomic E-state index is 0.412. The maximum absolute atomic E-state index is 12.9. The molecule has 0 saturated heterocycles. The first-order chi connectivity index (χ1) is 8.15. The maximum atomic E-state index is 12.9. The van der Waals surface area contributed by atoms with Gasteiger partial charge >= 0.3 is 0 Å². The predicted octanol–water partition coefficient (Wildman–Crippen LogP) is 3.73. The van der Waals surface area contributed by atoms with Crippen LogP contribution >= 0.6 is 15.9 Å². The van der Waals surface area contributed by atoms with Crippen LogP contribution in [0.3, 0.4) is 0 Å². The van der Waals surface area contributed by atoms with Gasteiger partial charge in [-0.05, 0) is 39.7 Å². The van der Waals surface area contributed by atoms with Crippen molar-refractivity contribution in [2.45, 2.75) is 6.54 Å². The molecule has 0 bridgehead atoms. The number of hydrogen-bond acceptors (Lipinski definition) is 2. The van der Waals surface area contributed by atoms with E-state index >= 15 is 0 Å². The second kappa shape index (κ2) is 5.23. The third-order valence-electron chi connectivity index (χ3n) is 2.19. The van der Waals surface area contributed by atoms with Crippen LogP contribution in [-0.4, -0.2) is 4.98 Å². The van der Waals surface area contributed by atoms with Crippen molar-refractivity contribution >= 4 is 21.6 Å². The largest absolute Gasteiger partial charge is 0.380 e. The fourth-order valence-corrected chi connectivity index (χ4v) is 1.73. The van der Waals surface area contributed by atoms with Crippen LogP contribution in [0.1, 0.15) is 5.56 Å². The number of benzene rings is 1. The fraction of sp³-hybridized carbons (Fsp3) is 0.0833. The van der Waals surface area contributed by atoms with Crippen LogP contribution in [0.25, 0.3) is 0 Å². The number of nitrogens with one attached hydrogen (secondary N) is 1. The Morgan fingerprint density at radius 2 is 1.94 bits per heavy atom. The summed E-state index contributed by atoms with van der Waals surface area (Å²) in [6.07, 6.45) is 3.33. The van der Waals surface area contributed by atoms with Crippen molar-refractivity contribution in [2.24, 2.45) is 0 Å². The first-order valence-corrected chi connectivity index (χ1v) is 5.73. The molecule has 0 aliphatic heterocycles. The molecule has 1 aromatic heterocycles. The van der Waals surface area contributed by atoms with Gasteiger partial charge in [0.2, 0.25) is 0 Å². The average molecular weight is 299 g/mol. The Morgan fingerprint density at radius 1 is 1.12 bits per heavy atom. The minimum atomic E-state index is -0.836. The number of nitrogens with zero attached hydrogens (tertiary/aromatic N) is 1. The summed E-state index contributed by atoms with van der Waals surface area (Å²) in [4.78, 5) is 3.98. The lowest BCUT2D eigenvalue weighted by Crippen LogP contribution is -2.00. The van der Waals surface area contributed by atoms with Gasteiger partial charge in [-0.1, -0.05) is 6.07 Å². The maximum Gasteiger partial charge on any atom is 0.159 e. The molecule has 0 aliphatic carbocycles. The van der Waals surface area contributed by atoms with Gasteiger partial charge in [-0.25, -0.2) is 8.78 Å². The summed E-state index contributed by atoms with van der Waals surface area (Å²) in [5, 5.41) is 3.07. The SMILES string of the molecule is Fc1ccc(CNc2cncc(Br)c2)cc1F. The Morgan fingerprint density at radius 3 is 2.65 bits per heavy atom. The zero-order valence-electron chi connectivity index (χ0n) is 8.75. The van der Waals surface area contributed by atoms with Gasteiger partial charge in [0.05, 0.1) is 11.9 Å². The number of hydrogen-bond donors (Lipinski definition) is 1. The smallest absolute Gasteiger partial charge is 0.159 e.